The Labute approximate surface area is 96.9 Å². The van der Waals surface area contributed by atoms with Gasteiger partial charge in [0.1, 0.15) is 6.61 Å². The summed E-state index contributed by atoms with van der Waals surface area (Å²) in [6.07, 6.45) is 0.310. The predicted molar refractivity (Wildman–Crippen MR) is 62.0 cm³/mol. The van der Waals surface area contributed by atoms with Crippen molar-refractivity contribution in [3.05, 3.63) is 0 Å². The summed E-state index contributed by atoms with van der Waals surface area (Å²) in [5, 5.41) is 5.39. The Morgan fingerprint density at radius 2 is 1.88 bits per heavy atom. The Hall–Kier alpha value is -1.10. The second kappa shape index (κ2) is 9.15. The summed E-state index contributed by atoms with van der Waals surface area (Å²) in [5.74, 6) is 0.223. The maximum absolute atomic E-state index is 11.2. The average molecular weight is 230 g/mol. The summed E-state index contributed by atoms with van der Waals surface area (Å²) in [7, 11) is 0. The Morgan fingerprint density at radius 1 is 1.19 bits per heavy atom. The topological polar surface area (TPSA) is 67.4 Å². The van der Waals surface area contributed by atoms with Gasteiger partial charge in [0, 0.05) is 26.1 Å². The molecule has 0 fully saturated rings. The molecule has 0 aromatic rings. The first-order chi connectivity index (χ1) is 7.56. The summed E-state index contributed by atoms with van der Waals surface area (Å²) < 4.78 is 4.92. The van der Waals surface area contributed by atoms with Crippen molar-refractivity contribution in [3.63, 3.8) is 0 Å². The molecule has 0 aliphatic carbocycles. The quantitative estimate of drug-likeness (QED) is 0.630. The lowest BCUT2D eigenvalue weighted by molar-refractivity contribution is -0.125. The minimum atomic E-state index is -0.182. The molecule has 0 aromatic heterocycles. The fraction of sp³-hybridized carbons (Fsp3) is 0.818. The molecule has 16 heavy (non-hydrogen) atoms. The number of nitrogens with one attached hydrogen (secondary N) is 2. The summed E-state index contributed by atoms with van der Waals surface area (Å²) in [4.78, 5) is 22.3. The van der Waals surface area contributed by atoms with E-state index in [-0.39, 0.29) is 18.4 Å². The second-order valence-electron chi connectivity index (χ2n) is 3.94. The van der Waals surface area contributed by atoms with Crippen LogP contribution in [0.2, 0.25) is 0 Å². The van der Waals surface area contributed by atoms with E-state index in [9.17, 15) is 9.59 Å². The van der Waals surface area contributed by atoms with Crippen molar-refractivity contribution in [3.8, 4) is 0 Å². The van der Waals surface area contributed by atoms with Crippen LogP contribution in [0.1, 0.15) is 27.2 Å². The molecule has 0 radical (unpaired) electrons. The van der Waals surface area contributed by atoms with Crippen LogP contribution < -0.4 is 10.6 Å². The maximum Gasteiger partial charge on any atom is 0.246 e. The third kappa shape index (κ3) is 9.45. The monoisotopic (exact) mass is 230 g/mol. The van der Waals surface area contributed by atoms with Crippen LogP contribution in [0.25, 0.3) is 0 Å². The van der Waals surface area contributed by atoms with Crippen LogP contribution >= 0.6 is 0 Å². The molecule has 0 aliphatic heterocycles. The van der Waals surface area contributed by atoms with E-state index in [1.807, 2.05) is 20.8 Å². The van der Waals surface area contributed by atoms with E-state index >= 15 is 0 Å². The molecule has 0 saturated carbocycles. The SMILES string of the molecule is CCOCC(=O)NCCC(=O)NCC(C)C. The van der Waals surface area contributed by atoms with Crippen LogP contribution in [0, 0.1) is 5.92 Å². The van der Waals surface area contributed by atoms with E-state index in [1.54, 1.807) is 0 Å². The van der Waals surface area contributed by atoms with Crippen molar-refractivity contribution >= 4 is 11.8 Å². The highest BCUT2D eigenvalue weighted by Crippen LogP contribution is 1.88. The fourth-order valence-electron chi connectivity index (χ4n) is 0.968. The van der Waals surface area contributed by atoms with Crippen molar-refractivity contribution in [2.75, 3.05) is 26.3 Å². The van der Waals surface area contributed by atoms with Crippen LogP contribution in [0.4, 0.5) is 0 Å². The van der Waals surface area contributed by atoms with Crippen LogP contribution in [0.15, 0.2) is 0 Å². The zero-order valence-corrected chi connectivity index (χ0v) is 10.3. The largest absolute Gasteiger partial charge is 0.372 e. The average Bonchev–Trinajstić information content (AvgIpc) is 2.23. The Balaban J connectivity index is 3.43. The zero-order chi connectivity index (χ0) is 12.4. The number of carbonyl (C=O) groups is 2. The number of rotatable bonds is 8. The number of hydrogen-bond donors (Lipinski definition) is 2. The van der Waals surface area contributed by atoms with Gasteiger partial charge >= 0.3 is 0 Å². The lowest BCUT2D eigenvalue weighted by Gasteiger charge is -2.08. The summed E-state index contributed by atoms with van der Waals surface area (Å²) in [5.41, 5.74) is 0. The fourth-order valence-corrected chi connectivity index (χ4v) is 0.968. The molecule has 2 amide bonds. The molecular weight excluding hydrogens is 208 g/mol. The van der Waals surface area contributed by atoms with Crippen molar-refractivity contribution in [2.45, 2.75) is 27.2 Å². The van der Waals surface area contributed by atoms with Crippen molar-refractivity contribution in [1.29, 1.82) is 0 Å². The van der Waals surface area contributed by atoms with E-state index in [0.717, 1.165) is 0 Å². The van der Waals surface area contributed by atoms with Gasteiger partial charge in [-0.05, 0) is 12.8 Å². The molecule has 5 heteroatoms. The maximum atomic E-state index is 11.2. The summed E-state index contributed by atoms with van der Waals surface area (Å²) >= 11 is 0. The van der Waals surface area contributed by atoms with E-state index in [1.165, 1.54) is 0 Å². The highest BCUT2D eigenvalue weighted by atomic mass is 16.5. The number of ether oxygens (including phenoxy) is 1. The van der Waals surface area contributed by atoms with Gasteiger partial charge in [0.2, 0.25) is 11.8 Å². The summed E-state index contributed by atoms with van der Waals surface area (Å²) in [6.45, 7) is 7.49. The molecule has 2 N–H and O–H groups in total. The van der Waals surface area contributed by atoms with E-state index < -0.39 is 0 Å². The molecule has 0 aliphatic rings. The van der Waals surface area contributed by atoms with E-state index in [4.69, 9.17) is 4.74 Å². The van der Waals surface area contributed by atoms with E-state index in [2.05, 4.69) is 10.6 Å². The normalized spacial score (nSPS) is 10.2. The molecule has 94 valence electrons. The Morgan fingerprint density at radius 3 is 2.44 bits per heavy atom. The van der Waals surface area contributed by atoms with Gasteiger partial charge in [-0.25, -0.2) is 0 Å². The molecule has 0 rings (SSSR count). The van der Waals surface area contributed by atoms with Crippen molar-refractivity contribution in [1.82, 2.24) is 10.6 Å². The molecule has 5 nitrogen and oxygen atoms in total. The van der Waals surface area contributed by atoms with Crippen LogP contribution in [-0.4, -0.2) is 38.1 Å². The zero-order valence-electron chi connectivity index (χ0n) is 10.3. The van der Waals surface area contributed by atoms with E-state index in [0.29, 0.717) is 32.0 Å². The van der Waals surface area contributed by atoms with Gasteiger partial charge in [-0.15, -0.1) is 0 Å². The summed E-state index contributed by atoms with van der Waals surface area (Å²) in [6, 6.07) is 0. The van der Waals surface area contributed by atoms with Gasteiger partial charge in [-0.1, -0.05) is 13.8 Å². The molecular formula is C11H22N2O3. The van der Waals surface area contributed by atoms with Crippen LogP contribution in [-0.2, 0) is 14.3 Å². The number of amides is 2. The molecule has 0 heterocycles. The third-order valence-corrected chi connectivity index (χ3v) is 1.82. The molecule has 0 atom stereocenters. The van der Waals surface area contributed by atoms with Crippen molar-refractivity contribution in [2.24, 2.45) is 5.92 Å². The minimum Gasteiger partial charge on any atom is -0.372 e. The number of carbonyl (C=O) groups excluding carboxylic acids is 2. The van der Waals surface area contributed by atoms with Gasteiger partial charge in [0.05, 0.1) is 0 Å². The van der Waals surface area contributed by atoms with Crippen LogP contribution in [0.5, 0.6) is 0 Å². The lowest BCUT2D eigenvalue weighted by Crippen LogP contribution is -2.33. The third-order valence-electron chi connectivity index (χ3n) is 1.82. The molecule has 0 spiro atoms. The second-order valence-corrected chi connectivity index (χ2v) is 3.94. The number of hydrogen-bond acceptors (Lipinski definition) is 3. The minimum absolute atomic E-state index is 0.0367. The van der Waals surface area contributed by atoms with Crippen molar-refractivity contribution < 1.29 is 14.3 Å². The lowest BCUT2D eigenvalue weighted by atomic mass is 10.2. The van der Waals surface area contributed by atoms with Gasteiger partial charge in [0.25, 0.3) is 0 Å². The predicted octanol–water partition coefficient (Wildman–Crippen LogP) is 0.301. The van der Waals surface area contributed by atoms with Gasteiger partial charge in [-0.2, -0.15) is 0 Å². The Kier molecular flexibility index (Phi) is 8.52. The van der Waals surface area contributed by atoms with Gasteiger partial charge in [-0.3, -0.25) is 9.59 Å². The van der Waals surface area contributed by atoms with Crippen LogP contribution in [0.3, 0.4) is 0 Å². The standard InChI is InChI=1S/C11H22N2O3/c1-4-16-8-11(15)12-6-5-10(14)13-7-9(2)3/h9H,4-8H2,1-3H3,(H,12,15)(H,13,14). The highest BCUT2D eigenvalue weighted by molar-refractivity contribution is 5.79. The highest BCUT2D eigenvalue weighted by Gasteiger charge is 2.04. The molecule has 0 aromatic carbocycles. The smallest absolute Gasteiger partial charge is 0.246 e. The van der Waals surface area contributed by atoms with Gasteiger partial charge < -0.3 is 15.4 Å². The molecule has 0 bridgehead atoms. The Bertz CT molecular complexity index is 217. The molecule has 0 saturated heterocycles. The first-order valence-corrected chi connectivity index (χ1v) is 5.67. The first-order valence-electron chi connectivity index (χ1n) is 5.67. The first kappa shape index (κ1) is 14.9. The van der Waals surface area contributed by atoms with Gasteiger partial charge in [0.15, 0.2) is 0 Å². The molecule has 0 unspecified atom stereocenters.